The van der Waals surface area contributed by atoms with Gasteiger partial charge in [0.2, 0.25) is 0 Å². The van der Waals surface area contributed by atoms with Gasteiger partial charge in [-0.3, -0.25) is 9.48 Å². The fourth-order valence-electron chi connectivity index (χ4n) is 4.14. The Kier molecular flexibility index (Phi) is 4.35. The smallest absolute Gasteiger partial charge is 0.272 e. The molecule has 3 aromatic carbocycles. The highest BCUT2D eigenvalue weighted by molar-refractivity contribution is 6.03. The predicted molar refractivity (Wildman–Crippen MR) is 120 cm³/mol. The molecule has 150 valence electrons. The summed E-state index contributed by atoms with van der Waals surface area (Å²) in [6.07, 6.45) is 1.80. The molecule has 0 aliphatic heterocycles. The number of hydrogen-bond acceptors (Lipinski definition) is 5. The van der Waals surface area contributed by atoms with Crippen molar-refractivity contribution in [3.8, 4) is 28.5 Å². The first-order valence-corrected chi connectivity index (χ1v) is 9.78. The van der Waals surface area contributed by atoms with Crippen LogP contribution in [0, 0.1) is 11.3 Å². The Hall–Kier alpha value is -4.28. The molecule has 0 fully saturated rings. The number of aromatic nitrogens is 4. The summed E-state index contributed by atoms with van der Waals surface area (Å²) in [5.74, 6) is 0. The Morgan fingerprint density at radius 2 is 1.90 bits per heavy atom. The van der Waals surface area contributed by atoms with Gasteiger partial charge in [-0.15, -0.1) is 0 Å². The summed E-state index contributed by atoms with van der Waals surface area (Å²) < 4.78 is 1.81. The monoisotopic (exact) mass is 406 g/mol. The average molecular weight is 406 g/mol. The highest BCUT2D eigenvalue weighted by Crippen LogP contribution is 2.37. The summed E-state index contributed by atoms with van der Waals surface area (Å²) >= 11 is 0. The van der Waals surface area contributed by atoms with Gasteiger partial charge < -0.3 is 5.73 Å². The summed E-state index contributed by atoms with van der Waals surface area (Å²) in [7, 11) is 1.88. The molecule has 31 heavy (non-hydrogen) atoms. The maximum Gasteiger partial charge on any atom is 0.272 e. The van der Waals surface area contributed by atoms with Crippen LogP contribution in [0.3, 0.4) is 0 Å². The zero-order chi connectivity index (χ0) is 21.5. The molecule has 0 saturated heterocycles. The van der Waals surface area contributed by atoms with Crippen molar-refractivity contribution in [1.29, 1.82) is 5.26 Å². The number of rotatable bonds is 3. The maximum absolute atomic E-state index is 12.2. The van der Waals surface area contributed by atoms with Gasteiger partial charge in [-0.05, 0) is 29.1 Å². The third-order valence-electron chi connectivity index (χ3n) is 5.59. The molecule has 0 unspecified atom stereocenters. The Labute approximate surface area is 177 Å². The lowest BCUT2D eigenvalue weighted by atomic mass is 9.93. The SMILES string of the molecule is Cn1ncc(-c2ccc3c(=O)[nH]nc(CN)c3c2)c1-c1cccc2cccc(C#N)c12. The van der Waals surface area contributed by atoms with Crippen LogP contribution in [-0.2, 0) is 13.6 Å². The molecule has 0 radical (unpaired) electrons. The minimum absolute atomic E-state index is 0.214. The van der Waals surface area contributed by atoms with Crippen molar-refractivity contribution in [2.75, 3.05) is 0 Å². The van der Waals surface area contributed by atoms with Gasteiger partial charge in [0.25, 0.3) is 5.56 Å². The molecule has 0 aliphatic rings. The van der Waals surface area contributed by atoms with Gasteiger partial charge in [0.05, 0.1) is 34.6 Å². The summed E-state index contributed by atoms with van der Waals surface area (Å²) in [6, 6.07) is 19.6. The summed E-state index contributed by atoms with van der Waals surface area (Å²) in [5.41, 5.74) is 10.4. The topological polar surface area (TPSA) is 113 Å². The van der Waals surface area contributed by atoms with Crippen LogP contribution in [0.5, 0.6) is 0 Å². The van der Waals surface area contributed by atoms with E-state index in [9.17, 15) is 10.1 Å². The minimum atomic E-state index is -0.252. The van der Waals surface area contributed by atoms with Crippen molar-refractivity contribution in [2.45, 2.75) is 6.54 Å². The molecular weight excluding hydrogens is 388 g/mol. The summed E-state index contributed by atoms with van der Waals surface area (Å²) in [6.45, 7) is 0.214. The van der Waals surface area contributed by atoms with Crippen molar-refractivity contribution >= 4 is 21.5 Å². The number of nitrogens with two attached hydrogens (primary N) is 1. The summed E-state index contributed by atoms with van der Waals surface area (Å²) in [4.78, 5) is 12.2. The lowest BCUT2D eigenvalue weighted by Gasteiger charge is -2.12. The Balaban J connectivity index is 1.81. The first-order valence-electron chi connectivity index (χ1n) is 9.78. The van der Waals surface area contributed by atoms with Crippen molar-refractivity contribution in [1.82, 2.24) is 20.0 Å². The highest BCUT2D eigenvalue weighted by Gasteiger charge is 2.18. The van der Waals surface area contributed by atoms with E-state index in [0.717, 1.165) is 33.2 Å². The van der Waals surface area contributed by atoms with E-state index >= 15 is 0 Å². The van der Waals surface area contributed by atoms with E-state index in [4.69, 9.17) is 5.73 Å². The number of nitriles is 1. The number of benzene rings is 3. The number of aryl methyl sites for hydroxylation is 1. The standard InChI is InChI=1S/C24H18N6O/c1-30-23(18-7-3-5-14-4-2-6-16(11-25)22(14)18)20(13-27-30)15-8-9-17-19(10-15)21(12-26)28-29-24(17)31/h2-10,13H,12,26H2,1H3,(H,29,31). The van der Waals surface area contributed by atoms with Crippen LogP contribution in [0.4, 0.5) is 0 Å². The molecule has 0 saturated carbocycles. The Bertz CT molecular complexity index is 1570. The highest BCUT2D eigenvalue weighted by atomic mass is 16.1. The fraction of sp³-hybridized carbons (Fsp3) is 0.0833. The second-order valence-electron chi connectivity index (χ2n) is 7.32. The van der Waals surface area contributed by atoms with E-state index in [-0.39, 0.29) is 12.1 Å². The first kappa shape index (κ1) is 18.7. The van der Waals surface area contributed by atoms with E-state index in [1.807, 2.05) is 60.3 Å². The second-order valence-corrected chi connectivity index (χ2v) is 7.32. The number of nitrogens with zero attached hydrogens (tertiary/aromatic N) is 4. The zero-order valence-electron chi connectivity index (χ0n) is 16.8. The molecule has 0 atom stereocenters. The lowest BCUT2D eigenvalue weighted by molar-refractivity contribution is 0.776. The quantitative estimate of drug-likeness (QED) is 0.476. The molecule has 0 amide bonds. The molecular formula is C24H18N6O. The van der Waals surface area contributed by atoms with Crippen LogP contribution in [0.2, 0.25) is 0 Å². The predicted octanol–water partition coefficient (Wildman–Crippen LogP) is 3.47. The van der Waals surface area contributed by atoms with E-state index < -0.39 is 0 Å². The molecule has 2 heterocycles. The minimum Gasteiger partial charge on any atom is -0.325 e. The number of H-pyrrole nitrogens is 1. The fourth-order valence-corrected chi connectivity index (χ4v) is 4.14. The van der Waals surface area contributed by atoms with Crippen LogP contribution in [-0.4, -0.2) is 20.0 Å². The third-order valence-corrected chi connectivity index (χ3v) is 5.59. The van der Waals surface area contributed by atoms with Crippen molar-refractivity contribution in [3.63, 3.8) is 0 Å². The molecule has 3 N–H and O–H groups in total. The van der Waals surface area contributed by atoms with Gasteiger partial charge in [-0.2, -0.15) is 15.5 Å². The molecule has 2 aromatic heterocycles. The second kappa shape index (κ2) is 7.20. The molecule has 0 spiro atoms. The van der Waals surface area contributed by atoms with E-state index in [2.05, 4.69) is 21.4 Å². The van der Waals surface area contributed by atoms with Crippen LogP contribution < -0.4 is 11.3 Å². The third kappa shape index (κ3) is 2.89. The molecule has 0 aliphatic carbocycles. The van der Waals surface area contributed by atoms with Crippen LogP contribution in [0.25, 0.3) is 43.9 Å². The van der Waals surface area contributed by atoms with Gasteiger partial charge in [0.15, 0.2) is 0 Å². The number of aromatic amines is 1. The number of hydrogen-bond donors (Lipinski definition) is 2. The van der Waals surface area contributed by atoms with E-state index in [1.54, 1.807) is 12.3 Å². The zero-order valence-corrected chi connectivity index (χ0v) is 16.8. The van der Waals surface area contributed by atoms with Crippen molar-refractivity contribution < 1.29 is 0 Å². The normalized spacial score (nSPS) is 11.1. The lowest BCUT2D eigenvalue weighted by Crippen LogP contribution is -2.13. The summed E-state index contributed by atoms with van der Waals surface area (Å²) in [5, 5.41) is 23.9. The first-order chi connectivity index (χ1) is 15.1. The van der Waals surface area contributed by atoms with Crippen LogP contribution in [0.1, 0.15) is 11.3 Å². The molecule has 5 rings (SSSR count). The molecule has 5 aromatic rings. The molecule has 7 heteroatoms. The molecule has 0 bridgehead atoms. The van der Waals surface area contributed by atoms with E-state index in [1.165, 1.54) is 0 Å². The number of fused-ring (bicyclic) bond motifs is 2. The van der Waals surface area contributed by atoms with Gasteiger partial charge >= 0.3 is 0 Å². The Morgan fingerprint density at radius 3 is 2.68 bits per heavy atom. The van der Waals surface area contributed by atoms with Crippen molar-refractivity contribution in [2.24, 2.45) is 12.8 Å². The number of nitrogens with one attached hydrogen (secondary N) is 1. The maximum atomic E-state index is 12.2. The van der Waals surface area contributed by atoms with E-state index in [0.29, 0.717) is 22.0 Å². The van der Waals surface area contributed by atoms with Crippen molar-refractivity contribution in [3.05, 3.63) is 82.4 Å². The van der Waals surface area contributed by atoms with Crippen LogP contribution in [0.15, 0.2) is 65.6 Å². The Morgan fingerprint density at radius 1 is 1.10 bits per heavy atom. The van der Waals surface area contributed by atoms with Gasteiger partial charge in [0.1, 0.15) is 0 Å². The molecule has 7 nitrogen and oxygen atoms in total. The largest absolute Gasteiger partial charge is 0.325 e. The van der Waals surface area contributed by atoms with Gasteiger partial charge in [-0.1, -0.05) is 36.4 Å². The average Bonchev–Trinajstić information content (AvgIpc) is 3.19. The van der Waals surface area contributed by atoms with Crippen LogP contribution >= 0.6 is 0 Å². The van der Waals surface area contributed by atoms with Gasteiger partial charge in [-0.25, -0.2) is 5.10 Å². The van der Waals surface area contributed by atoms with Gasteiger partial charge in [0, 0.05) is 35.5 Å².